The molecule has 1 saturated carbocycles. The van der Waals surface area contributed by atoms with E-state index in [1.807, 2.05) is 25.1 Å². The van der Waals surface area contributed by atoms with Gasteiger partial charge in [0.25, 0.3) is 0 Å². The van der Waals surface area contributed by atoms with Gasteiger partial charge < -0.3 is 20.1 Å². The van der Waals surface area contributed by atoms with Crippen molar-refractivity contribution >= 4 is 11.6 Å². The van der Waals surface area contributed by atoms with Crippen LogP contribution in [0.2, 0.25) is 5.02 Å². The van der Waals surface area contributed by atoms with E-state index in [9.17, 15) is 15.3 Å². The summed E-state index contributed by atoms with van der Waals surface area (Å²) in [6.45, 7) is 3.28. The van der Waals surface area contributed by atoms with E-state index in [2.05, 4.69) is 29.2 Å². The minimum atomic E-state index is -1.41. The minimum Gasteiger partial charge on any atom is -0.489 e. The second kappa shape index (κ2) is 9.70. The maximum absolute atomic E-state index is 11.3. The van der Waals surface area contributed by atoms with Crippen LogP contribution in [0.1, 0.15) is 49.1 Å². The van der Waals surface area contributed by atoms with E-state index in [4.69, 9.17) is 16.3 Å². The first-order valence-electron chi connectivity index (χ1n) is 11.6. The highest BCUT2D eigenvalue weighted by molar-refractivity contribution is 6.32. The lowest BCUT2D eigenvalue weighted by atomic mass is 9.75. The van der Waals surface area contributed by atoms with Gasteiger partial charge in [0.15, 0.2) is 0 Å². The van der Waals surface area contributed by atoms with Crippen molar-refractivity contribution in [3.8, 4) is 5.75 Å². The highest BCUT2D eigenvalue weighted by Crippen LogP contribution is 2.39. The summed E-state index contributed by atoms with van der Waals surface area (Å²) in [6, 6.07) is 16.0. The van der Waals surface area contributed by atoms with Crippen LogP contribution < -0.4 is 4.74 Å². The summed E-state index contributed by atoms with van der Waals surface area (Å²) >= 11 is 6.21. The number of ether oxygens (including phenoxy) is 1. The molecule has 1 heterocycles. The van der Waals surface area contributed by atoms with Gasteiger partial charge in [-0.2, -0.15) is 0 Å². The highest BCUT2D eigenvalue weighted by atomic mass is 35.5. The zero-order valence-corrected chi connectivity index (χ0v) is 19.5. The van der Waals surface area contributed by atoms with Crippen LogP contribution >= 0.6 is 11.6 Å². The Hall–Kier alpha value is -1.63. The molecule has 5 nitrogen and oxygen atoms in total. The van der Waals surface area contributed by atoms with Gasteiger partial charge in [-0.15, -0.1) is 0 Å². The van der Waals surface area contributed by atoms with E-state index in [0.717, 1.165) is 31.2 Å². The summed E-state index contributed by atoms with van der Waals surface area (Å²) in [5.41, 5.74) is 0.172. The molecular formula is C26H34ClNO4. The summed E-state index contributed by atoms with van der Waals surface area (Å²) in [5.74, 6) is 0.992. The number of β-amino-alcohol motifs (C(OH)–C–C–N with tert-alkyl or cyclic N) is 2. The molecule has 2 aromatic carbocycles. The number of hydrogen-bond donors (Lipinski definition) is 3. The number of likely N-dealkylation sites (tertiary alicyclic amines) is 1. The van der Waals surface area contributed by atoms with Crippen LogP contribution in [-0.4, -0.2) is 63.8 Å². The van der Waals surface area contributed by atoms with Crippen molar-refractivity contribution in [1.82, 2.24) is 4.90 Å². The molecule has 0 amide bonds. The topological polar surface area (TPSA) is 73.2 Å². The SMILES string of the molecule is Cc1ccc(Cl)c(OC[C@@]2(O)CN(CC3(O)CCC(c4ccccc4)CC3)CC[C@@H]2O)c1. The van der Waals surface area contributed by atoms with Gasteiger partial charge >= 0.3 is 0 Å². The fourth-order valence-electron chi connectivity index (χ4n) is 5.13. The molecular weight excluding hydrogens is 426 g/mol. The first kappa shape index (κ1) is 23.5. The normalized spacial score (nSPS) is 31.4. The summed E-state index contributed by atoms with van der Waals surface area (Å²) in [4.78, 5) is 2.07. The maximum Gasteiger partial charge on any atom is 0.138 e. The molecule has 0 unspecified atom stereocenters. The van der Waals surface area contributed by atoms with Crippen LogP contribution in [0.5, 0.6) is 5.75 Å². The number of aliphatic hydroxyl groups is 3. The predicted molar refractivity (Wildman–Crippen MR) is 126 cm³/mol. The van der Waals surface area contributed by atoms with Crippen molar-refractivity contribution in [2.75, 3.05) is 26.2 Å². The third kappa shape index (κ3) is 5.46. The standard InChI is InChI=1S/C26H34ClNO4/c1-19-7-8-22(27)23(15-19)32-18-26(31)17-28(14-11-24(26)29)16-25(30)12-9-21(10-13-25)20-5-3-2-4-6-20/h2-8,15,21,24,29-31H,9-14,16-18H2,1H3/t21?,24-,25?,26-/m0/s1. The quantitative estimate of drug-likeness (QED) is 0.610. The predicted octanol–water partition coefficient (Wildman–Crippen LogP) is 3.91. The van der Waals surface area contributed by atoms with Gasteiger partial charge in [0, 0.05) is 19.6 Å². The summed E-state index contributed by atoms with van der Waals surface area (Å²) in [6.07, 6.45) is 2.93. The molecule has 1 aliphatic heterocycles. The van der Waals surface area contributed by atoms with Crippen LogP contribution in [0.3, 0.4) is 0 Å². The lowest BCUT2D eigenvalue weighted by Crippen LogP contribution is -2.62. The van der Waals surface area contributed by atoms with Gasteiger partial charge in [-0.3, -0.25) is 4.90 Å². The monoisotopic (exact) mass is 459 g/mol. The number of aliphatic hydroxyl groups excluding tert-OH is 1. The number of benzene rings is 2. The van der Waals surface area contributed by atoms with Crippen molar-refractivity contribution in [1.29, 1.82) is 0 Å². The lowest BCUT2D eigenvalue weighted by Gasteiger charge is -2.46. The molecule has 32 heavy (non-hydrogen) atoms. The summed E-state index contributed by atoms with van der Waals surface area (Å²) in [7, 11) is 0. The first-order chi connectivity index (χ1) is 15.3. The molecule has 1 aliphatic carbocycles. The van der Waals surface area contributed by atoms with Gasteiger partial charge in [0.05, 0.1) is 16.7 Å². The highest BCUT2D eigenvalue weighted by Gasteiger charge is 2.44. The van der Waals surface area contributed by atoms with Crippen molar-refractivity contribution < 1.29 is 20.1 Å². The van der Waals surface area contributed by atoms with Crippen molar-refractivity contribution in [2.24, 2.45) is 0 Å². The van der Waals surface area contributed by atoms with Crippen LogP contribution in [-0.2, 0) is 0 Å². The zero-order chi connectivity index (χ0) is 22.8. The van der Waals surface area contributed by atoms with E-state index in [0.29, 0.717) is 36.2 Å². The third-order valence-corrected chi connectivity index (χ3v) is 7.42. The molecule has 2 atom stereocenters. The Labute approximate surface area is 195 Å². The van der Waals surface area contributed by atoms with Crippen molar-refractivity contribution in [3.63, 3.8) is 0 Å². The molecule has 6 heteroatoms. The van der Waals surface area contributed by atoms with Crippen molar-refractivity contribution in [2.45, 2.75) is 62.3 Å². The molecule has 2 fully saturated rings. The Morgan fingerprint density at radius 2 is 1.78 bits per heavy atom. The van der Waals surface area contributed by atoms with Gasteiger partial charge in [-0.1, -0.05) is 48.0 Å². The van der Waals surface area contributed by atoms with Crippen LogP contribution in [0.15, 0.2) is 48.5 Å². The first-order valence-corrected chi connectivity index (χ1v) is 11.9. The summed E-state index contributed by atoms with van der Waals surface area (Å²) in [5, 5.41) is 33.5. The molecule has 3 N–H and O–H groups in total. The van der Waals surface area contributed by atoms with Gasteiger partial charge in [-0.25, -0.2) is 0 Å². The van der Waals surface area contributed by atoms with Gasteiger partial charge in [0.2, 0.25) is 0 Å². The smallest absolute Gasteiger partial charge is 0.138 e. The lowest BCUT2D eigenvalue weighted by molar-refractivity contribution is -0.150. The fourth-order valence-corrected chi connectivity index (χ4v) is 5.31. The number of aryl methyl sites for hydroxylation is 1. The summed E-state index contributed by atoms with van der Waals surface area (Å²) < 4.78 is 5.83. The molecule has 174 valence electrons. The largest absolute Gasteiger partial charge is 0.489 e. The number of hydrogen-bond acceptors (Lipinski definition) is 5. The molecule has 1 saturated heterocycles. The average molecular weight is 460 g/mol. The third-order valence-electron chi connectivity index (χ3n) is 7.11. The second-order valence-electron chi connectivity index (χ2n) is 9.75. The van der Waals surface area contributed by atoms with Crippen LogP contribution in [0.4, 0.5) is 0 Å². The van der Waals surface area contributed by atoms with Gasteiger partial charge in [-0.05, 0) is 68.2 Å². The van der Waals surface area contributed by atoms with E-state index in [1.165, 1.54) is 5.56 Å². The Bertz CT molecular complexity index is 900. The fraction of sp³-hybridized carbons (Fsp3) is 0.538. The number of piperidine rings is 1. The molecule has 2 aromatic rings. The second-order valence-corrected chi connectivity index (χ2v) is 10.2. The van der Waals surface area contributed by atoms with Crippen molar-refractivity contribution in [3.05, 3.63) is 64.7 Å². The van der Waals surface area contributed by atoms with Crippen LogP contribution in [0.25, 0.3) is 0 Å². The van der Waals surface area contributed by atoms with E-state index >= 15 is 0 Å². The van der Waals surface area contributed by atoms with E-state index < -0.39 is 17.3 Å². The maximum atomic E-state index is 11.3. The van der Waals surface area contributed by atoms with Gasteiger partial charge in [0.1, 0.15) is 18.0 Å². The van der Waals surface area contributed by atoms with E-state index in [-0.39, 0.29) is 13.2 Å². The number of halogens is 1. The Morgan fingerprint density at radius 3 is 2.50 bits per heavy atom. The number of nitrogens with zero attached hydrogens (tertiary/aromatic N) is 1. The molecule has 0 bridgehead atoms. The zero-order valence-electron chi connectivity index (χ0n) is 18.7. The Morgan fingerprint density at radius 1 is 1.06 bits per heavy atom. The minimum absolute atomic E-state index is 0.0532. The van der Waals surface area contributed by atoms with E-state index in [1.54, 1.807) is 6.07 Å². The molecule has 4 rings (SSSR count). The molecule has 0 spiro atoms. The molecule has 0 aromatic heterocycles. The molecule has 0 radical (unpaired) electrons. The average Bonchev–Trinajstić information content (AvgIpc) is 2.78. The Kier molecular flexibility index (Phi) is 7.13. The van der Waals surface area contributed by atoms with Crippen LogP contribution in [0, 0.1) is 6.92 Å². The Balaban J connectivity index is 1.35. The molecule has 2 aliphatic rings. The number of rotatable bonds is 6.